The lowest BCUT2D eigenvalue weighted by Gasteiger charge is -2.30. The molecule has 0 aliphatic heterocycles. The van der Waals surface area contributed by atoms with Gasteiger partial charge >= 0.3 is 0 Å². The van der Waals surface area contributed by atoms with Crippen LogP contribution in [-0.2, 0) is 9.53 Å². The molecule has 0 saturated heterocycles. The second-order valence-electron chi connectivity index (χ2n) is 5.61. The van der Waals surface area contributed by atoms with Gasteiger partial charge in [0.05, 0.1) is 12.0 Å². The van der Waals surface area contributed by atoms with Crippen LogP contribution in [0.25, 0.3) is 0 Å². The normalized spacial score (nSPS) is 29.9. The Kier molecular flexibility index (Phi) is 4.96. The van der Waals surface area contributed by atoms with Crippen LogP contribution in [0, 0.1) is 5.41 Å². The van der Waals surface area contributed by atoms with E-state index in [1.54, 1.807) is 0 Å². The van der Waals surface area contributed by atoms with E-state index in [9.17, 15) is 4.79 Å². The van der Waals surface area contributed by atoms with Gasteiger partial charge in [-0.25, -0.2) is 0 Å². The highest BCUT2D eigenvalue weighted by Gasteiger charge is 2.50. The van der Waals surface area contributed by atoms with E-state index in [1.807, 2.05) is 18.7 Å². The summed E-state index contributed by atoms with van der Waals surface area (Å²) in [6, 6.07) is 0.391. The largest absolute Gasteiger partial charge is 0.381 e. The fourth-order valence-corrected chi connectivity index (χ4v) is 3.54. The molecule has 2 aliphatic carbocycles. The Morgan fingerprint density at radius 3 is 2.83 bits per heavy atom. The number of amides is 1. The Balaban J connectivity index is 1.80. The van der Waals surface area contributed by atoms with E-state index in [4.69, 9.17) is 4.74 Å². The molecule has 2 saturated carbocycles. The molecule has 1 N–H and O–H groups in total. The van der Waals surface area contributed by atoms with Crippen LogP contribution < -0.4 is 5.32 Å². The van der Waals surface area contributed by atoms with Gasteiger partial charge in [-0.3, -0.25) is 4.79 Å². The second-order valence-corrected chi connectivity index (χ2v) is 6.75. The maximum atomic E-state index is 12.3. The summed E-state index contributed by atoms with van der Waals surface area (Å²) in [5.41, 5.74) is -0.178. The standard InChI is InChI=1S/C14H25NO2S/c1-3-17-10-14(7-8-14)13(16)15-11-5-4-6-12(9-11)18-2/h11-12H,3-10H2,1-2H3,(H,15,16)/t11-,12+/m1/s1. The third-order valence-corrected chi connectivity index (χ3v) is 5.31. The molecule has 0 aromatic rings. The van der Waals surface area contributed by atoms with E-state index in [0.29, 0.717) is 19.3 Å². The molecule has 2 rings (SSSR count). The van der Waals surface area contributed by atoms with Gasteiger partial charge in [-0.1, -0.05) is 6.42 Å². The summed E-state index contributed by atoms with van der Waals surface area (Å²) in [4.78, 5) is 12.3. The summed E-state index contributed by atoms with van der Waals surface area (Å²) in [7, 11) is 0. The number of ether oxygens (including phenoxy) is 1. The molecule has 1 amide bonds. The number of hydrogen-bond acceptors (Lipinski definition) is 3. The monoisotopic (exact) mass is 271 g/mol. The quantitative estimate of drug-likeness (QED) is 0.807. The molecule has 104 valence electrons. The van der Waals surface area contributed by atoms with Crippen molar-refractivity contribution >= 4 is 17.7 Å². The van der Waals surface area contributed by atoms with E-state index in [2.05, 4.69) is 11.6 Å². The third kappa shape index (κ3) is 3.41. The highest BCUT2D eigenvalue weighted by molar-refractivity contribution is 7.99. The maximum Gasteiger partial charge on any atom is 0.228 e. The van der Waals surface area contributed by atoms with Gasteiger partial charge in [0, 0.05) is 17.9 Å². The Labute approximate surface area is 114 Å². The molecule has 0 radical (unpaired) electrons. The maximum absolute atomic E-state index is 12.3. The number of carbonyl (C=O) groups is 1. The molecule has 3 nitrogen and oxygen atoms in total. The van der Waals surface area contributed by atoms with Gasteiger partial charge in [0.25, 0.3) is 0 Å². The van der Waals surface area contributed by atoms with Crippen LogP contribution >= 0.6 is 11.8 Å². The van der Waals surface area contributed by atoms with Crippen molar-refractivity contribution in [2.75, 3.05) is 19.5 Å². The first-order valence-electron chi connectivity index (χ1n) is 7.11. The summed E-state index contributed by atoms with van der Waals surface area (Å²) in [6.07, 6.45) is 9.00. The number of thioether (sulfide) groups is 1. The zero-order valence-electron chi connectivity index (χ0n) is 11.5. The minimum absolute atomic E-state index is 0.178. The van der Waals surface area contributed by atoms with Crippen LogP contribution in [0.15, 0.2) is 0 Å². The second kappa shape index (κ2) is 6.29. The lowest BCUT2D eigenvalue weighted by atomic mass is 9.94. The predicted molar refractivity (Wildman–Crippen MR) is 75.9 cm³/mol. The highest BCUT2D eigenvalue weighted by atomic mass is 32.2. The van der Waals surface area contributed by atoms with Crippen molar-refractivity contribution in [2.45, 2.75) is 56.7 Å². The summed E-state index contributed by atoms with van der Waals surface area (Å²) in [6.45, 7) is 3.29. The molecule has 2 atom stereocenters. The van der Waals surface area contributed by atoms with Crippen molar-refractivity contribution in [2.24, 2.45) is 5.41 Å². The molecule has 0 bridgehead atoms. The first-order chi connectivity index (χ1) is 8.70. The van der Waals surface area contributed by atoms with Crippen molar-refractivity contribution in [3.05, 3.63) is 0 Å². The Morgan fingerprint density at radius 1 is 1.44 bits per heavy atom. The lowest BCUT2D eigenvalue weighted by molar-refractivity contribution is -0.129. The minimum atomic E-state index is -0.178. The van der Waals surface area contributed by atoms with Crippen molar-refractivity contribution < 1.29 is 9.53 Å². The molecule has 18 heavy (non-hydrogen) atoms. The van der Waals surface area contributed by atoms with Crippen LogP contribution in [0.3, 0.4) is 0 Å². The first kappa shape index (κ1) is 14.2. The zero-order chi connectivity index (χ0) is 13.0. The topological polar surface area (TPSA) is 38.3 Å². The molecular formula is C14H25NO2S. The van der Waals surface area contributed by atoms with Gasteiger partial charge in [0.15, 0.2) is 0 Å². The van der Waals surface area contributed by atoms with E-state index in [0.717, 1.165) is 30.9 Å². The fraction of sp³-hybridized carbons (Fsp3) is 0.929. The third-order valence-electron chi connectivity index (χ3n) is 4.21. The van der Waals surface area contributed by atoms with Gasteiger partial charge in [0.1, 0.15) is 0 Å². The number of nitrogens with one attached hydrogen (secondary N) is 1. The number of carbonyl (C=O) groups excluding carboxylic acids is 1. The summed E-state index contributed by atoms with van der Waals surface area (Å²) in [5, 5.41) is 3.99. The van der Waals surface area contributed by atoms with Gasteiger partial charge in [-0.15, -0.1) is 0 Å². The van der Waals surface area contributed by atoms with Crippen LogP contribution in [0.4, 0.5) is 0 Å². The predicted octanol–water partition coefficient (Wildman–Crippen LogP) is 2.59. The summed E-state index contributed by atoms with van der Waals surface area (Å²) in [5.74, 6) is 0.239. The van der Waals surface area contributed by atoms with Crippen LogP contribution in [0.2, 0.25) is 0 Å². The van der Waals surface area contributed by atoms with E-state index >= 15 is 0 Å². The van der Waals surface area contributed by atoms with E-state index < -0.39 is 0 Å². The van der Waals surface area contributed by atoms with Crippen molar-refractivity contribution in [1.82, 2.24) is 5.32 Å². The highest BCUT2D eigenvalue weighted by Crippen LogP contribution is 2.46. The van der Waals surface area contributed by atoms with Crippen molar-refractivity contribution in [3.8, 4) is 0 Å². The molecule has 0 spiro atoms. The lowest BCUT2D eigenvalue weighted by Crippen LogP contribution is -2.44. The number of rotatable bonds is 6. The van der Waals surface area contributed by atoms with Gasteiger partial charge < -0.3 is 10.1 Å². The smallest absolute Gasteiger partial charge is 0.228 e. The van der Waals surface area contributed by atoms with Gasteiger partial charge in [-0.2, -0.15) is 11.8 Å². The molecule has 0 aromatic carbocycles. The fourth-order valence-electron chi connectivity index (χ4n) is 2.71. The van der Waals surface area contributed by atoms with Gasteiger partial charge in [0.2, 0.25) is 5.91 Å². The zero-order valence-corrected chi connectivity index (χ0v) is 12.4. The molecular weight excluding hydrogens is 246 g/mol. The number of hydrogen-bond donors (Lipinski definition) is 1. The van der Waals surface area contributed by atoms with Crippen LogP contribution in [0.5, 0.6) is 0 Å². The molecule has 0 unspecified atom stereocenters. The molecule has 2 fully saturated rings. The average molecular weight is 271 g/mol. The molecule has 0 aromatic heterocycles. The molecule has 2 aliphatic rings. The summed E-state index contributed by atoms with van der Waals surface area (Å²) >= 11 is 1.94. The minimum Gasteiger partial charge on any atom is -0.381 e. The average Bonchev–Trinajstić information content (AvgIpc) is 3.18. The summed E-state index contributed by atoms with van der Waals surface area (Å²) < 4.78 is 5.45. The Morgan fingerprint density at radius 2 is 2.22 bits per heavy atom. The molecule has 4 heteroatoms. The Hall–Kier alpha value is -0.220. The van der Waals surface area contributed by atoms with E-state index in [1.165, 1.54) is 12.8 Å². The van der Waals surface area contributed by atoms with Gasteiger partial charge in [-0.05, 0) is 45.3 Å². The Bertz CT molecular complexity index is 292. The first-order valence-corrected chi connectivity index (χ1v) is 8.40. The van der Waals surface area contributed by atoms with E-state index in [-0.39, 0.29) is 11.3 Å². The molecule has 0 heterocycles. The SMILES string of the molecule is CCOCC1(C(=O)N[C@@H]2CCC[C@H](SC)C2)CC1. The van der Waals surface area contributed by atoms with Crippen molar-refractivity contribution in [3.63, 3.8) is 0 Å². The van der Waals surface area contributed by atoms with Crippen molar-refractivity contribution in [1.29, 1.82) is 0 Å². The van der Waals surface area contributed by atoms with Crippen LogP contribution in [-0.4, -0.2) is 36.7 Å². The van der Waals surface area contributed by atoms with Crippen LogP contribution in [0.1, 0.15) is 45.4 Å².